The predicted molar refractivity (Wildman–Crippen MR) is 175 cm³/mol. The number of anilines is 2. The summed E-state index contributed by atoms with van der Waals surface area (Å²) in [5.41, 5.74) is 2.85. The smallest absolute Gasteiger partial charge is 0.318 e. The van der Waals surface area contributed by atoms with Gasteiger partial charge in [-0.3, -0.25) is 4.79 Å². The molecule has 0 spiro atoms. The average molecular weight is 663 g/mol. The molecule has 2 fully saturated rings. The molecule has 2 aromatic carbocycles. The number of nitriles is 1. The van der Waals surface area contributed by atoms with Gasteiger partial charge < -0.3 is 24.3 Å². The van der Waals surface area contributed by atoms with Crippen LogP contribution in [0.3, 0.4) is 0 Å². The number of piperazine rings is 1. The van der Waals surface area contributed by atoms with Crippen LogP contribution in [0.25, 0.3) is 10.8 Å². The fourth-order valence-electron chi connectivity index (χ4n) is 6.76. The molecule has 3 radical (unpaired) electrons. The normalized spacial score (nSPS) is 22.1. The Balaban J connectivity index is 1.34. The minimum Gasteiger partial charge on any atom is -0.462 e. The number of halogens is 3. The number of ether oxygens (including phenoxy) is 1. The third-order valence-corrected chi connectivity index (χ3v) is 10.1. The maximum Gasteiger partial charge on any atom is 0.318 e. The van der Waals surface area contributed by atoms with Crippen molar-refractivity contribution in [2.24, 2.45) is 0 Å². The number of fused-ring (bicyclic) bond motifs is 2. The van der Waals surface area contributed by atoms with Crippen molar-refractivity contribution in [1.82, 2.24) is 19.8 Å². The molecule has 13 heteroatoms. The molecule has 6 rings (SSSR count). The first-order chi connectivity index (χ1) is 22.2. The summed E-state index contributed by atoms with van der Waals surface area (Å²) in [7, 11) is 5.81. The predicted octanol–water partition coefficient (Wildman–Crippen LogP) is 4.57. The van der Waals surface area contributed by atoms with Gasteiger partial charge in [-0.2, -0.15) is 15.2 Å². The Morgan fingerprint density at radius 2 is 2.00 bits per heavy atom. The Kier molecular flexibility index (Phi) is 9.45. The summed E-state index contributed by atoms with van der Waals surface area (Å²) in [5.74, 6) is 0.121. The number of allylic oxidation sites excluding steroid dienone is 1. The highest BCUT2D eigenvalue weighted by Gasteiger charge is 2.41. The van der Waals surface area contributed by atoms with Gasteiger partial charge in [-0.05, 0) is 56.4 Å². The van der Waals surface area contributed by atoms with E-state index in [-0.39, 0.29) is 31.6 Å². The van der Waals surface area contributed by atoms with Crippen LogP contribution in [0.4, 0.5) is 20.3 Å². The molecular weight excluding hydrogens is 628 g/mol. The largest absolute Gasteiger partial charge is 0.462 e. The Bertz CT molecular complexity index is 1680. The first kappa shape index (κ1) is 32.2. The molecule has 3 aliphatic rings. The van der Waals surface area contributed by atoms with E-state index in [1.807, 2.05) is 23.1 Å². The third kappa shape index (κ3) is 6.54. The van der Waals surface area contributed by atoms with Gasteiger partial charge in [-0.15, -0.1) is 0 Å². The first-order valence-corrected chi connectivity index (χ1v) is 16.3. The maximum atomic E-state index is 12.9. The van der Waals surface area contributed by atoms with Crippen LogP contribution in [-0.4, -0.2) is 99.9 Å². The summed E-state index contributed by atoms with van der Waals surface area (Å²) in [6.45, 7) is 3.53. The van der Waals surface area contributed by atoms with Crippen molar-refractivity contribution >= 4 is 50.0 Å². The Labute approximate surface area is 275 Å². The van der Waals surface area contributed by atoms with Gasteiger partial charge in [0.2, 0.25) is 5.91 Å². The fraction of sp³-hybridized carbons (Fsp3) is 0.455. The van der Waals surface area contributed by atoms with Gasteiger partial charge in [0.15, 0.2) is 0 Å². The molecular formula is C33H35ClF2N7O2Si. The van der Waals surface area contributed by atoms with Crippen LogP contribution in [0, 0.1) is 11.3 Å². The molecule has 9 nitrogen and oxygen atoms in total. The van der Waals surface area contributed by atoms with Crippen molar-refractivity contribution in [3.8, 4) is 12.1 Å². The molecule has 2 saturated heterocycles. The van der Waals surface area contributed by atoms with E-state index in [4.69, 9.17) is 26.3 Å². The van der Waals surface area contributed by atoms with Crippen LogP contribution in [0.1, 0.15) is 30.5 Å². The van der Waals surface area contributed by atoms with Gasteiger partial charge in [0.1, 0.15) is 12.4 Å². The van der Waals surface area contributed by atoms with Crippen molar-refractivity contribution in [2.45, 2.75) is 49.9 Å². The van der Waals surface area contributed by atoms with E-state index < -0.39 is 17.5 Å². The molecule has 3 aromatic rings. The van der Waals surface area contributed by atoms with Crippen LogP contribution in [0.15, 0.2) is 48.6 Å². The van der Waals surface area contributed by atoms with Gasteiger partial charge in [0, 0.05) is 54.9 Å². The molecule has 0 aliphatic carbocycles. The number of hydrogen-bond acceptors (Lipinski definition) is 8. The molecule has 0 bridgehead atoms. The molecule has 0 unspecified atom stereocenters. The summed E-state index contributed by atoms with van der Waals surface area (Å²) >= 11 is 6.69. The van der Waals surface area contributed by atoms with Crippen LogP contribution in [0.2, 0.25) is 5.02 Å². The Morgan fingerprint density at radius 1 is 1.20 bits per heavy atom. The number of amides is 1. The van der Waals surface area contributed by atoms with Gasteiger partial charge in [-0.1, -0.05) is 35.9 Å². The van der Waals surface area contributed by atoms with E-state index in [0.29, 0.717) is 49.6 Å². The number of alkyl halides is 2. The van der Waals surface area contributed by atoms with Crippen molar-refractivity contribution in [2.75, 3.05) is 56.2 Å². The maximum absolute atomic E-state index is 12.9. The molecule has 46 heavy (non-hydrogen) atoms. The first-order valence-electron chi connectivity index (χ1n) is 15.5. The van der Waals surface area contributed by atoms with E-state index in [1.54, 1.807) is 0 Å². The van der Waals surface area contributed by atoms with Gasteiger partial charge in [0.25, 0.3) is 6.43 Å². The molecule has 4 heterocycles. The van der Waals surface area contributed by atoms with E-state index in [9.17, 15) is 18.8 Å². The number of nitrogens with zero attached hydrogens (tertiary/aromatic N) is 7. The number of rotatable bonds is 8. The lowest BCUT2D eigenvalue weighted by Gasteiger charge is -2.48. The molecule has 1 amide bonds. The number of likely N-dealkylation sites (N-methyl/N-ethyl adjacent to an activating group) is 1. The Morgan fingerprint density at radius 3 is 2.74 bits per heavy atom. The topological polar surface area (TPSA) is 88.8 Å². The van der Waals surface area contributed by atoms with Crippen LogP contribution >= 0.6 is 11.6 Å². The number of likely N-dealkylation sites (tertiary alicyclic amines) is 1. The summed E-state index contributed by atoms with van der Waals surface area (Å²) < 4.78 is 31.9. The van der Waals surface area contributed by atoms with Crippen LogP contribution < -0.4 is 14.5 Å². The Hall–Kier alpha value is -3.79. The quantitative estimate of drug-likeness (QED) is 0.256. The van der Waals surface area contributed by atoms with Crippen molar-refractivity contribution in [1.29, 1.82) is 5.26 Å². The summed E-state index contributed by atoms with van der Waals surface area (Å²) in [4.78, 5) is 30.8. The van der Waals surface area contributed by atoms with E-state index in [0.717, 1.165) is 53.2 Å². The SMILES string of the molecule is CN1CCC[C@H]1COc1nc2c(c(N3CCN(C(=O)/C=C/C(F)F)[C@]([Si])(CC#N)C3)n1)CCN(c1cccc3cccc(Cl)c13)C2. The number of aromatic nitrogens is 2. The van der Waals surface area contributed by atoms with E-state index >= 15 is 0 Å². The monoisotopic (exact) mass is 662 g/mol. The van der Waals surface area contributed by atoms with Crippen molar-refractivity contribution < 1.29 is 18.3 Å². The molecule has 1 aromatic heterocycles. The van der Waals surface area contributed by atoms with Crippen LogP contribution in [-0.2, 0) is 17.8 Å². The number of benzene rings is 2. The summed E-state index contributed by atoms with van der Waals surface area (Å²) in [6, 6.07) is 14.8. The number of carbonyl (C=O) groups is 1. The fourth-order valence-corrected chi connectivity index (χ4v) is 7.54. The average Bonchev–Trinajstić information content (AvgIpc) is 3.46. The highest BCUT2D eigenvalue weighted by atomic mass is 35.5. The lowest BCUT2D eigenvalue weighted by molar-refractivity contribution is -0.130. The zero-order chi connectivity index (χ0) is 32.4. The van der Waals surface area contributed by atoms with Gasteiger partial charge in [-0.25, -0.2) is 8.78 Å². The molecule has 3 aliphatic heterocycles. The minimum absolute atomic E-state index is 0.0467. The second-order valence-electron chi connectivity index (χ2n) is 12.1. The second kappa shape index (κ2) is 13.5. The highest BCUT2D eigenvalue weighted by molar-refractivity contribution is 6.36. The molecule has 2 atom stereocenters. The highest BCUT2D eigenvalue weighted by Crippen LogP contribution is 2.38. The molecule has 239 valence electrons. The molecule has 0 saturated carbocycles. The minimum atomic E-state index is -2.75. The second-order valence-corrected chi connectivity index (χ2v) is 13.4. The van der Waals surface area contributed by atoms with E-state index in [2.05, 4.69) is 51.4 Å². The third-order valence-electron chi connectivity index (χ3n) is 9.16. The standard InChI is InChI=1S/C33H35ClF2N7O2Si/c1-40-15-4-7-23(40)20-45-32-38-26-19-41(27-9-3-6-22-5-2-8-25(34)30(22)27)16-12-24(26)31(39-32)42-17-18-43(29(44)11-10-28(35)36)33(46,21-42)13-14-37/h2-3,5-6,8-11,23,28H,4,7,12-13,15-21H2,1H3/b11-10+/t23-,33-/m0/s1. The zero-order valence-electron chi connectivity index (χ0n) is 25.6. The van der Waals surface area contributed by atoms with E-state index in [1.165, 1.54) is 4.90 Å². The molecule has 0 N–H and O–H groups in total. The lowest BCUT2D eigenvalue weighted by Crippen LogP contribution is -2.64. The summed E-state index contributed by atoms with van der Waals surface area (Å²) in [5, 5.41) is 11.3. The summed E-state index contributed by atoms with van der Waals surface area (Å²) in [6.07, 6.45) is 1.46. The number of carbonyl (C=O) groups excluding carboxylic acids is 1. The van der Waals surface area contributed by atoms with Gasteiger partial charge in [0.05, 0.1) is 45.2 Å². The van der Waals surface area contributed by atoms with Crippen molar-refractivity contribution in [3.63, 3.8) is 0 Å². The lowest BCUT2D eigenvalue weighted by atomic mass is 10.0. The number of hydrogen-bond donors (Lipinski definition) is 0. The van der Waals surface area contributed by atoms with Crippen LogP contribution in [0.5, 0.6) is 6.01 Å². The van der Waals surface area contributed by atoms with Gasteiger partial charge >= 0.3 is 6.01 Å². The van der Waals surface area contributed by atoms with Crippen molar-refractivity contribution in [3.05, 3.63) is 64.8 Å². The zero-order valence-corrected chi connectivity index (χ0v) is 27.4.